The number of likely N-dealkylation sites (N-methyl/N-ethyl adjacent to an activating group) is 1. The first-order chi connectivity index (χ1) is 6.66. The topological polar surface area (TPSA) is 97.3 Å². The molecular weight excluding hydrogens is 186 g/mol. The Morgan fingerprint density at radius 1 is 1.64 bits per heavy atom. The minimum atomic E-state index is -0.278. The number of nitrogen functional groups attached to an aromatic ring is 1. The van der Waals surface area contributed by atoms with Gasteiger partial charge in [0.25, 0.3) is 0 Å². The minimum Gasteiger partial charge on any atom is -0.390 e. The molecule has 1 unspecified atom stereocenters. The van der Waals surface area contributed by atoms with Gasteiger partial charge in [0.15, 0.2) is 0 Å². The van der Waals surface area contributed by atoms with Crippen molar-refractivity contribution in [3.8, 4) is 0 Å². The SMILES string of the molecule is CN1CCC(Nc2nnc(N)o2)C1=O. The van der Waals surface area contributed by atoms with Crippen molar-refractivity contribution in [1.82, 2.24) is 15.1 Å². The quantitative estimate of drug-likeness (QED) is 0.650. The molecule has 1 aliphatic rings. The normalized spacial score (nSPS) is 21.6. The first-order valence-corrected chi connectivity index (χ1v) is 4.27. The molecule has 0 aliphatic carbocycles. The van der Waals surface area contributed by atoms with Gasteiger partial charge in [-0.15, -0.1) is 0 Å². The van der Waals surface area contributed by atoms with Crippen molar-refractivity contribution in [2.24, 2.45) is 0 Å². The molecular formula is C7H11N5O2. The molecule has 1 saturated heterocycles. The molecule has 76 valence electrons. The molecule has 7 heteroatoms. The Balaban J connectivity index is 2.02. The van der Waals surface area contributed by atoms with Gasteiger partial charge in [-0.05, 0) is 6.42 Å². The van der Waals surface area contributed by atoms with Crippen LogP contribution in [0.15, 0.2) is 4.42 Å². The van der Waals surface area contributed by atoms with E-state index < -0.39 is 0 Å². The van der Waals surface area contributed by atoms with Gasteiger partial charge in [-0.2, -0.15) is 0 Å². The fraction of sp³-hybridized carbons (Fsp3) is 0.571. The van der Waals surface area contributed by atoms with Gasteiger partial charge in [0, 0.05) is 13.6 Å². The summed E-state index contributed by atoms with van der Waals surface area (Å²) in [5.74, 6) is 0.0294. The Morgan fingerprint density at radius 2 is 2.43 bits per heavy atom. The second-order valence-electron chi connectivity index (χ2n) is 3.19. The molecule has 2 rings (SSSR count). The van der Waals surface area contributed by atoms with Crippen LogP contribution < -0.4 is 11.1 Å². The van der Waals surface area contributed by atoms with E-state index in [2.05, 4.69) is 15.5 Å². The van der Waals surface area contributed by atoms with Crippen molar-refractivity contribution in [2.45, 2.75) is 12.5 Å². The molecule has 7 nitrogen and oxygen atoms in total. The summed E-state index contributed by atoms with van der Waals surface area (Å²) in [5, 5.41) is 9.92. The number of carbonyl (C=O) groups is 1. The van der Waals surface area contributed by atoms with Crippen LogP contribution in [0.3, 0.4) is 0 Å². The molecule has 1 amide bonds. The zero-order valence-electron chi connectivity index (χ0n) is 7.73. The number of likely N-dealkylation sites (tertiary alicyclic amines) is 1. The lowest BCUT2D eigenvalue weighted by Gasteiger charge is -2.09. The van der Waals surface area contributed by atoms with Crippen molar-refractivity contribution in [3.63, 3.8) is 0 Å². The van der Waals surface area contributed by atoms with Crippen LogP contribution >= 0.6 is 0 Å². The third kappa shape index (κ3) is 1.48. The van der Waals surface area contributed by atoms with Crippen molar-refractivity contribution in [2.75, 3.05) is 24.6 Å². The van der Waals surface area contributed by atoms with Crippen LogP contribution in [0.25, 0.3) is 0 Å². The average Bonchev–Trinajstić information content (AvgIpc) is 2.67. The summed E-state index contributed by atoms with van der Waals surface area (Å²) in [4.78, 5) is 13.1. The predicted molar refractivity (Wildman–Crippen MR) is 48.4 cm³/mol. The number of carbonyl (C=O) groups excluding carboxylic acids is 1. The summed E-state index contributed by atoms with van der Waals surface area (Å²) < 4.78 is 4.90. The number of hydrogen-bond donors (Lipinski definition) is 2. The van der Waals surface area contributed by atoms with Gasteiger partial charge >= 0.3 is 12.0 Å². The zero-order chi connectivity index (χ0) is 10.1. The molecule has 2 heterocycles. The van der Waals surface area contributed by atoms with Crippen LogP contribution in [0, 0.1) is 0 Å². The van der Waals surface area contributed by atoms with E-state index >= 15 is 0 Å². The molecule has 1 atom stereocenters. The summed E-state index contributed by atoms with van der Waals surface area (Å²) in [7, 11) is 1.76. The molecule has 0 bridgehead atoms. The second-order valence-corrected chi connectivity index (χ2v) is 3.19. The van der Waals surface area contributed by atoms with E-state index in [1.54, 1.807) is 11.9 Å². The number of anilines is 2. The van der Waals surface area contributed by atoms with Crippen LogP contribution in [0.5, 0.6) is 0 Å². The maximum atomic E-state index is 11.5. The van der Waals surface area contributed by atoms with E-state index in [0.29, 0.717) is 0 Å². The fourth-order valence-corrected chi connectivity index (χ4v) is 1.40. The lowest BCUT2D eigenvalue weighted by atomic mass is 10.2. The molecule has 0 aromatic carbocycles. The molecule has 0 radical (unpaired) electrons. The van der Waals surface area contributed by atoms with E-state index in [9.17, 15) is 4.79 Å². The molecule has 14 heavy (non-hydrogen) atoms. The monoisotopic (exact) mass is 197 g/mol. The van der Waals surface area contributed by atoms with E-state index in [0.717, 1.165) is 13.0 Å². The summed E-state index contributed by atoms with van der Waals surface area (Å²) in [6.07, 6.45) is 0.734. The van der Waals surface area contributed by atoms with Crippen molar-refractivity contribution >= 4 is 17.9 Å². The lowest BCUT2D eigenvalue weighted by Crippen LogP contribution is -2.31. The van der Waals surface area contributed by atoms with Crippen LogP contribution in [0.1, 0.15) is 6.42 Å². The van der Waals surface area contributed by atoms with Crippen LogP contribution in [0.2, 0.25) is 0 Å². The van der Waals surface area contributed by atoms with Crippen molar-refractivity contribution < 1.29 is 9.21 Å². The van der Waals surface area contributed by atoms with Crippen molar-refractivity contribution in [1.29, 1.82) is 0 Å². The molecule has 0 saturated carbocycles. The Kier molecular flexibility index (Phi) is 1.99. The third-order valence-electron chi connectivity index (χ3n) is 2.17. The Hall–Kier alpha value is -1.79. The van der Waals surface area contributed by atoms with E-state index in [-0.39, 0.29) is 24.0 Å². The predicted octanol–water partition coefficient (Wildman–Crippen LogP) is -0.706. The van der Waals surface area contributed by atoms with E-state index in [1.165, 1.54) is 0 Å². The summed E-state index contributed by atoms with van der Waals surface area (Å²) in [6.45, 7) is 0.736. The number of nitrogens with two attached hydrogens (primary N) is 1. The van der Waals surface area contributed by atoms with Gasteiger partial charge in [0.1, 0.15) is 6.04 Å². The summed E-state index contributed by atoms with van der Waals surface area (Å²) in [5.41, 5.74) is 5.24. The number of nitrogens with zero attached hydrogens (tertiary/aromatic N) is 3. The highest BCUT2D eigenvalue weighted by molar-refractivity contribution is 5.85. The smallest absolute Gasteiger partial charge is 0.317 e. The first-order valence-electron chi connectivity index (χ1n) is 4.27. The Labute approximate surface area is 80.3 Å². The molecule has 1 aromatic rings. The highest BCUT2D eigenvalue weighted by atomic mass is 16.4. The van der Waals surface area contributed by atoms with Gasteiger partial charge < -0.3 is 20.4 Å². The number of rotatable bonds is 2. The van der Waals surface area contributed by atoms with Gasteiger partial charge in [0.2, 0.25) is 5.91 Å². The largest absolute Gasteiger partial charge is 0.390 e. The van der Waals surface area contributed by atoms with Gasteiger partial charge in [-0.25, -0.2) is 0 Å². The van der Waals surface area contributed by atoms with Gasteiger partial charge in [-0.3, -0.25) is 4.79 Å². The van der Waals surface area contributed by atoms with E-state index in [1.807, 2.05) is 0 Å². The molecule has 1 aliphatic heterocycles. The Bertz CT molecular complexity index is 350. The average molecular weight is 197 g/mol. The Morgan fingerprint density at radius 3 is 2.93 bits per heavy atom. The first kappa shape index (κ1) is 8.79. The van der Waals surface area contributed by atoms with E-state index in [4.69, 9.17) is 10.2 Å². The number of nitrogens with one attached hydrogen (secondary N) is 1. The molecule has 1 fully saturated rings. The number of hydrogen-bond acceptors (Lipinski definition) is 6. The minimum absolute atomic E-state index is 0.00806. The highest BCUT2D eigenvalue weighted by Gasteiger charge is 2.29. The summed E-state index contributed by atoms with van der Waals surface area (Å²) in [6, 6.07) is -0.0951. The second kappa shape index (κ2) is 3.17. The molecule has 1 aromatic heterocycles. The standard InChI is InChI=1S/C7H11N5O2/c1-12-3-2-4(5(12)13)9-7-11-10-6(8)14-7/h4H,2-3H2,1H3,(H2,8,10)(H,9,11). The zero-order valence-corrected chi connectivity index (χ0v) is 7.73. The van der Waals surface area contributed by atoms with Crippen LogP contribution in [0.4, 0.5) is 12.0 Å². The lowest BCUT2D eigenvalue weighted by molar-refractivity contribution is -0.127. The number of amides is 1. The highest BCUT2D eigenvalue weighted by Crippen LogP contribution is 2.15. The van der Waals surface area contributed by atoms with Crippen LogP contribution in [-0.2, 0) is 4.79 Å². The summed E-state index contributed by atoms with van der Waals surface area (Å²) >= 11 is 0. The third-order valence-corrected chi connectivity index (χ3v) is 2.17. The van der Waals surface area contributed by atoms with Gasteiger partial charge in [0.05, 0.1) is 0 Å². The molecule has 3 N–H and O–H groups in total. The molecule has 0 spiro atoms. The van der Waals surface area contributed by atoms with Crippen molar-refractivity contribution in [3.05, 3.63) is 0 Å². The maximum Gasteiger partial charge on any atom is 0.317 e. The van der Waals surface area contributed by atoms with Gasteiger partial charge in [-0.1, -0.05) is 10.2 Å². The maximum absolute atomic E-state index is 11.5. The van der Waals surface area contributed by atoms with Crippen LogP contribution in [-0.4, -0.2) is 40.6 Å². The fourth-order valence-electron chi connectivity index (χ4n) is 1.40. The number of aromatic nitrogens is 2.